The molecule has 29 heavy (non-hydrogen) atoms. The maximum Gasteiger partial charge on any atom is 0.243 e. The zero-order valence-electron chi connectivity index (χ0n) is 16.4. The van der Waals surface area contributed by atoms with Crippen LogP contribution in [0.2, 0.25) is 0 Å². The van der Waals surface area contributed by atoms with E-state index in [9.17, 15) is 17.6 Å². The molecule has 0 spiro atoms. The lowest BCUT2D eigenvalue weighted by molar-refractivity contribution is -0.133. The molecule has 0 aliphatic carbocycles. The molecule has 2 aromatic carbocycles. The molecule has 2 saturated heterocycles. The number of hydrogen-bond donors (Lipinski definition) is 0. The zero-order chi connectivity index (χ0) is 20.6. The van der Waals surface area contributed by atoms with E-state index in [4.69, 9.17) is 0 Å². The van der Waals surface area contributed by atoms with E-state index in [1.165, 1.54) is 16.4 Å². The van der Waals surface area contributed by atoms with E-state index in [1.807, 2.05) is 35.2 Å². The normalized spacial score (nSPS) is 23.1. The van der Waals surface area contributed by atoms with Gasteiger partial charge in [-0.25, -0.2) is 12.8 Å². The molecule has 2 heterocycles. The van der Waals surface area contributed by atoms with Crippen LogP contribution in [0.5, 0.6) is 0 Å². The Kier molecular flexibility index (Phi) is 5.44. The molecule has 2 aliphatic rings. The van der Waals surface area contributed by atoms with E-state index >= 15 is 0 Å². The van der Waals surface area contributed by atoms with Crippen LogP contribution >= 0.6 is 0 Å². The van der Waals surface area contributed by atoms with Gasteiger partial charge in [-0.1, -0.05) is 36.4 Å². The van der Waals surface area contributed by atoms with Crippen molar-refractivity contribution < 1.29 is 17.6 Å². The smallest absolute Gasteiger partial charge is 0.243 e. The number of rotatable bonds is 4. The second-order valence-corrected chi connectivity index (χ2v) is 9.90. The molecule has 0 aromatic heterocycles. The predicted octanol–water partition coefficient (Wildman–Crippen LogP) is 3.34. The molecule has 154 valence electrons. The number of amides is 1. The number of carbonyl (C=O) groups excluding carboxylic acids is 1. The predicted molar refractivity (Wildman–Crippen MR) is 108 cm³/mol. The standard InChI is InChI=1S/C22H25FN2O3S/c1-16-10-11-19(12-20(16)23)29(27,28)24-14-18-8-5-9-22(26)25(21(18)15-24)13-17-6-3-2-4-7-17/h2-4,6-7,10-12,18,21H,5,8-9,13-15H2,1H3. The number of likely N-dealkylation sites (tertiary alicyclic amines) is 1. The average molecular weight is 417 g/mol. The third-order valence-electron chi connectivity index (χ3n) is 6.04. The van der Waals surface area contributed by atoms with Gasteiger partial charge in [-0.15, -0.1) is 0 Å². The minimum atomic E-state index is -3.81. The lowest BCUT2D eigenvalue weighted by Crippen LogP contribution is -2.43. The first-order chi connectivity index (χ1) is 13.9. The third kappa shape index (κ3) is 3.94. The topological polar surface area (TPSA) is 57.7 Å². The molecule has 2 aliphatic heterocycles. The fourth-order valence-corrected chi connectivity index (χ4v) is 5.89. The van der Waals surface area contributed by atoms with Gasteiger partial charge in [-0.3, -0.25) is 4.79 Å². The molecule has 0 radical (unpaired) electrons. The van der Waals surface area contributed by atoms with E-state index in [0.717, 1.165) is 24.5 Å². The van der Waals surface area contributed by atoms with Crippen LogP contribution in [0.25, 0.3) is 0 Å². The number of nitrogens with zero attached hydrogens (tertiary/aromatic N) is 2. The van der Waals surface area contributed by atoms with Crippen molar-refractivity contribution >= 4 is 15.9 Å². The minimum Gasteiger partial charge on any atom is -0.334 e. The third-order valence-corrected chi connectivity index (χ3v) is 7.86. The largest absolute Gasteiger partial charge is 0.334 e. The van der Waals surface area contributed by atoms with Gasteiger partial charge in [0.1, 0.15) is 5.82 Å². The van der Waals surface area contributed by atoms with Gasteiger partial charge >= 0.3 is 0 Å². The van der Waals surface area contributed by atoms with Crippen molar-refractivity contribution in [1.82, 2.24) is 9.21 Å². The molecule has 0 bridgehead atoms. The van der Waals surface area contributed by atoms with Crippen LogP contribution in [0.3, 0.4) is 0 Å². The average Bonchev–Trinajstić information content (AvgIpc) is 3.07. The molecular weight excluding hydrogens is 391 g/mol. The van der Waals surface area contributed by atoms with Crippen LogP contribution in [0.4, 0.5) is 4.39 Å². The summed E-state index contributed by atoms with van der Waals surface area (Å²) in [5.41, 5.74) is 1.44. The lowest BCUT2D eigenvalue weighted by atomic mass is 9.98. The Balaban J connectivity index is 1.60. The zero-order valence-corrected chi connectivity index (χ0v) is 17.2. The van der Waals surface area contributed by atoms with Crippen molar-refractivity contribution in [3.63, 3.8) is 0 Å². The molecule has 7 heteroatoms. The van der Waals surface area contributed by atoms with Gasteiger partial charge in [-0.05, 0) is 48.9 Å². The molecule has 2 aromatic rings. The van der Waals surface area contributed by atoms with Crippen LogP contribution in [0, 0.1) is 18.7 Å². The van der Waals surface area contributed by atoms with E-state index in [-0.39, 0.29) is 29.3 Å². The Labute approximate surface area is 171 Å². The van der Waals surface area contributed by atoms with Gasteiger partial charge in [0.25, 0.3) is 0 Å². The number of benzene rings is 2. The van der Waals surface area contributed by atoms with Crippen molar-refractivity contribution in [2.24, 2.45) is 5.92 Å². The van der Waals surface area contributed by atoms with Gasteiger partial charge in [0.2, 0.25) is 15.9 Å². The number of hydrogen-bond acceptors (Lipinski definition) is 3. The number of fused-ring (bicyclic) bond motifs is 1. The Morgan fingerprint density at radius 1 is 1.10 bits per heavy atom. The Morgan fingerprint density at radius 2 is 1.86 bits per heavy atom. The maximum absolute atomic E-state index is 14.0. The van der Waals surface area contributed by atoms with Gasteiger partial charge in [0.05, 0.1) is 4.90 Å². The van der Waals surface area contributed by atoms with E-state index in [2.05, 4.69) is 0 Å². The van der Waals surface area contributed by atoms with Gasteiger partial charge < -0.3 is 4.90 Å². The summed E-state index contributed by atoms with van der Waals surface area (Å²) in [6, 6.07) is 13.6. The lowest BCUT2D eigenvalue weighted by Gasteiger charge is -2.30. The molecule has 2 atom stereocenters. The summed E-state index contributed by atoms with van der Waals surface area (Å²) in [6.45, 7) is 2.70. The molecular formula is C22H25FN2O3S. The van der Waals surface area contributed by atoms with Crippen molar-refractivity contribution in [3.8, 4) is 0 Å². The quantitative estimate of drug-likeness (QED) is 0.768. The molecule has 2 fully saturated rings. The summed E-state index contributed by atoms with van der Waals surface area (Å²) in [5.74, 6) is -0.363. The number of aryl methyl sites for hydroxylation is 1. The summed E-state index contributed by atoms with van der Waals surface area (Å²) < 4.78 is 41.6. The fraction of sp³-hybridized carbons (Fsp3) is 0.409. The van der Waals surface area contributed by atoms with Gasteiger partial charge in [0, 0.05) is 32.1 Å². The SMILES string of the molecule is Cc1ccc(S(=O)(=O)N2CC3CCCC(=O)N(Cc4ccccc4)C3C2)cc1F. The molecule has 5 nitrogen and oxygen atoms in total. The van der Waals surface area contributed by atoms with Crippen molar-refractivity contribution in [2.75, 3.05) is 13.1 Å². The fourth-order valence-electron chi connectivity index (χ4n) is 4.36. The highest BCUT2D eigenvalue weighted by Crippen LogP contribution is 2.34. The highest BCUT2D eigenvalue weighted by Gasteiger charge is 2.44. The molecule has 4 rings (SSSR count). The van der Waals surface area contributed by atoms with Gasteiger partial charge in [0.15, 0.2) is 0 Å². The Bertz CT molecular complexity index is 1010. The molecule has 1 amide bonds. The van der Waals surface area contributed by atoms with Crippen LogP contribution < -0.4 is 0 Å². The number of carbonyl (C=O) groups is 1. The van der Waals surface area contributed by atoms with Gasteiger partial charge in [-0.2, -0.15) is 4.31 Å². The summed E-state index contributed by atoms with van der Waals surface area (Å²) in [6.07, 6.45) is 2.07. The summed E-state index contributed by atoms with van der Waals surface area (Å²) in [5, 5.41) is 0. The van der Waals surface area contributed by atoms with E-state index < -0.39 is 15.8 Å². The van der Waals surface area contributed by atoms with Crippen molar-refractivity contribution in [3.05, 3.63) is 65.5 Å². The maximum atomic E-state index is 14.0. The van der Waals surface area contributed by atoms with Crippen molar-refractivity contribution in [1.29, 1.82) is 0 Å². The second-order valence-electron chi connectivity index (χ2n) is 7.96. The first kappa shape index (κ1) is 20.0. The van der Waals surface area contributed by atoms with Crippen LogP contribution in [0.1, 0.15) is 30.4 Å². The van der Waals surface area contributed by atoms with Crippen molar-refractivity contribution in [2.45, 2.75) is 43.7 Å². The number of sulfonamides is 1. The summed E-state index contributed by atoms with van der Waals surface area (Å²) in [4.78, 5) is 14.6. The molecule has 0 N–H and O–H groups in total. The Morgan fingerprint density at radius 3 is 2.59 bits per heavy atom. The summed E-state index contributed by atoms with van der Waals surface area (Å²) >= 11 is 0. The second kappa shape index (κ2) is 7.88. The highest BCUT2D eigenvalue weighted by atomic mass is 32.2. The Hall–Kier alpha value is -2.25. The minimum absolute atomic E-state index is 0.0296. The van der Waals surface area contributed by atoms with E-state index in [1.54, 1.807) is 6.92 Å². The first-order valence-electron chi connectivity index (χ1n) is 9.96. The molecule has 2 unspecified atom stereocenters. The summed E-state index contributed by atoms with van der Waals surface area (Å²) in [7, 11) is -3.81. The highest BCUT2D eigenvalue weighted by molar-refractivity contribution is 7.89. The van der Waals surface area contributed by atoms with Crippen LogP contribution in [-0.2, 0) is 21.4 Å². The number of halogens is 1. The molecule has 0 saturated carbocycles. The van der Waals surface area contributed by atoms with Crippen LogP contribution in [0.15, 0.2) is 53.4 Å². The monoisotopic (exact) mass is 416 g/mol. The first-order valence-corrected chi connectivity index (χ1v) is 11.4. The van der Waals surface area contributed by atoms with E-state index in [0.29, 0.717) is 25.1 Å². The van der Waals surface area contributed by atoms with Crippen LogP contribution in [-0.4, -0.2) is 42.7 Å².